The third-order valence-electron chi connectivity index (χ3n) is 2.24. The number of rotatable bonds is 2. The summed E-state index contributed by atoms with van der Waals surface area (Å²) in [7, 11) is 0.900. The molecule has 0 saturated carbocycles. The normalized spacial score (nSPS) is 13.6. The van der Waals surface area contributed by atoms with Crippen molar-refractivity contribution in [3.63, 3.8) is 0 Å². The number of carbonyl (C=O) groups excluding carboxylic acids is 1. The van der Waals surface area contributed by atoms with Crippen molar-refractivity contribution in [3.8, 4) is 11.5 Å². The molecule has 0 fully saturated rings. The highest BCUT2D eigenvalue weighted by molar-refractivity contribution is 9.10. The van der Waals surface area contributed by atoms with Gasteiger partial charge >= 0.3 is 11.9 Å². The summed E-state index contributed by atoms with van der Waals surface area (Å²) in [5.41, 5.74) is -0.520. The van der Waals surface area contributed by atoms with Crippen molar-refractivity contribution in [2.45, 2.75) is 5.92 Å². The van der Waals surface area contributed by atoms with E-state index in [1.807, 2.05) is 0 Å². The van der Waals surface area contributed by atoms with Gasteiger partial charge in [-0.15, -0.1) is 0 Å². The molecule has 2 rings (SSSR count). The van der Waals surface area contributed by atoms with Gasteiger partial charge in [0.2, 0.25) is 6.79 Å². The summed E-state index contributed by atoms with van der Waals surface area (Å²) >= 11 is 2.96. The van der Waals surface area contributed by atoms with E-state index in [4.69, 9.17) is 9.47 Å². The Labute approximate surface area is 104 Å². The van der Waals surface area contributed by atoms with Gasteiger partial charge in [0.05, 0.1) is 12.7 Å². The summed E-state index contributed by atoms with van der Waals surface area (Å²) in [5, 5.41) is 0. The standard InChI is InChI=1S/C10H7BrF2O4/c1-15-9(14)10(12,13)5-2-7-8(3-6(5)11)17-4-16-7/h2-3H,4H2,1H3. The Morgan fingerprint density at radius 2 is 2.00 bits per heavy atom. The highest BCUT2D eigenvalue weighted by atomic mass is 79.9. The maximum atomic E-state index is 13.7. The summed E-state index contributed by atoms with van der Waals surface area (Å²) in [6, 6.07) is 2.39. The largest absolute Gasteiger partial charge is 0.464 e. The van der Waals surface area contributed by atoms with Crippen LogP contribution in [-0.2, 0) is 15.5 Å². The monoisotopic (exact) mass is 308 g/mol. The average Bonchev–Trinajstić information content (AvgIpc) is 2.73. The van der Waals surface area contributed by atoms with Crippen molar-refractivity contribution in [1.82, 2.24) is 0 Å². The first kappa shape index (κ1) is 12.1. The molecule has 0 atom stereocenters. The van der Waals surface area contributed by atoms with Crippen molar-refractivity contribution < 1.29 is 27.8 Å². The predicted octanol–water partition coefficient (Wildman–Crippen LogP) is 2.44. The molecule has 0 N–H and O–H groups in total. The van der Waals surface area contributed by atoms with Gasteiger partial charge < -0.3 is 14.2 Å². The molecule has 0 spiro atoms. The molecule has 7 heteroatoms. The van der Waals surface area contributed by atoms with Crippen LogP contribution in [0.15, 0.2) is 16.6 Å². The second-order valence-corrected chi connectivity index (χ2v) is 4.11. The Bertz CT molecular complexity index is 476. The van der Waals surface area contributed by atoms with Gasteiger partial charge in [-0.25, -0.2) is 4.79 Å². The fourth-order valence-electron chi connectivity index (χ4n) is 1.40. The van der Waals surface area contributed by atoms with Crippen molar-refractivity contribution in [3.05, 3.63) is 22.2 Å². The van der Waals surface area contributed by atoms with E-state index in [9.17, 15) is 13.6 Å². The number of alkyl halides is 2. The second-order valence-electron chi connectivity index (χ2n) is 3.25. The molecule has 0 saturated heterocycles. The molecule has 17 heavy (non-hydrogen) atoms. The van der Waals surface area contributed by atoms with Crippen LogP contribution in [0.4, 0.5) is 8.78 Å². The Hall–Kier alpha value is -1.37. The number of hydrogen-bond acceptors (Lipinski definition) is 4. The summed E-state index contributed by atoms with van der Waals surface area (Å²) in [6.07, 6.45) is 0. The zero-order chi connectivity index (χ0) is 12.6. The molecule has 1 aromatic carbocycles. The summed E-state index contributed by atoms with van der Waals surface area (Å²) < 4.78 is 41.5. The Kier molecular flexibility index (Phi) is 2.94. The first-order chi connectivity index (χ1) is 7.96. The molecule has 1 heterocycles. The lowest BCUT2D eigenvalue weighted by atomic mass is 10.1. The molecule has 0 unspecified atom stereocenters. The summed E-state index contributed by atoms with van der Waals surface area (Å²) in [5.74, 6) is -4.85. The highest BCUT2D eigenvalue weighted by Gasteiger charge is 2.44. The first-order valence-corrected chi connectivity index (χ1v) is 5.32. The average molecular weight is 309 g/mol. The summed E-state index contributed by atoms with van der Waals surface area (Å²) in [4.78, 5) is 11.0. The van der Waals surface area contributed by atoms with E-state index < -0.39 is 17.5 Å². The SMILES string of the molecule is COC(=O)C(F)(F)c1cc2c(cc1Br)OCO2. The van der Waals surface area contributed by atoms with Crippen molar-refractivity contribution in [2.75, 3.05) is 13.9 Å². The molecule has 92 valence electrons. The molecular formula is C10H7BrF2O4. The van der Waals surface area contributed by atoms with Crippen LogP contribution < -0.4 is 9.47 Å². The summed E-state index contributed by atoms with van der Waals surface area (Å²) in [6.45, 7) is -0.0327. The molecule has 4 nitrogen and oxygen atoms in total. The quantitative estimate of drug-likeness (QED) is 0.787. The Morgan fingerprint density at radius 3 is 2.59 bits per heavy atom. The lowest BCUT2D eigenvalue weighted by molar-refractivity contribution is -0.170. The molecule has 0 radical (unpaired) electrons. The molecule has 1 aliphatic heterocycles. The van der Waals surface area contributed by atoms with E-state index in [0.717, 1.165) is 13.2 Å². The van der Waals surface area contributed by atoms with E-state index in [2.05, 4.69) is 20.7 Å². The van der Waals surface area contributed by atoms with Crippen LogP contribution in [0, 0.1) is 0 Å². The number of hydrogen-bond donors (Lipinski definition) is 0. The molecule has 0 amide bonds. The third-order valence-corrected chi connectivity index (χ3v) is 2.90. The van der Waals surface area contributed by atoms with Gasteiger partial charge in [-0.3, -0.25) is 0 Å². The van der Waals surface area contributed by atoms with E-state index in [0.29, 0.717) is 5.75 Å². The zero-order valence-electron chi connectivity index (χ0n) is 8.63. The third kappa shape index (κ3) is 1.95. The lowest BCUT2D eigenvalue weighted by Gasteiger charge is -2.15. The number of ether oxygens (including phenoxy) is 3. The van der Waals surface area contributed by atoms with E-state index in [-0.39, 0.29) is 17.0 Å². The Morgan fingerprint density at radius 1 is 1.41 bits per heavy atom. The van der Waals surface area contributed by atoms with Crippen molar-refractivity contribution in [2.24, 2.45) is 0 Å². The van der Waals surface area contributed by atoms with Crippen molar-refractivity contribution in [1.29, 1.82) is 0 Å². The first-order valence-electron chi connectivity index (χ1n) is 4.52. The molecule has 0 aromatic heterocycles. The van der Waals surface area contributed by atoms with Crippen molar-refractivity contribution >= 4 is 21.9 Å². The van der Waals surface area contributed by atoms with Gasteiger partial charge in [0.1, 0.15) is 0 Å². The van der Waals surface area contributed by atoms with E-state index in [1.165, 1.54) is 6.07 Å². The number of benzene rings is 1. The van der Waals surface area contributed by atoms with Gasteiger partial charge in [-0.05, 0) is 12.1 Å². The minimum atomic E-state index is -3.74. The fourth-order valence-corrected chi connectivity index (χ4v) is 1.97. The molecule has 1 aromatic rings. The minimum absolute atomic E-state index is 0.0327. The van der Waals surface area contributed by atoms with E-state index >= 15 is 0 Å². The van der Waals surface area contributed by atoms with Crippen LogP contribution in [0.1, 0.15) is 5.56 Å². The Balaban J connectivity index is 2.49. The van der Waals surface area contributed by atoms with Gasteiger partial charge in [0.15, 0.2) is 11.5 Å². The van der Waals surface area contributed by atoms with Gasteiger partial charge in [-0.1, -0.05) is 15.9 Å². The van der Waals surface area contributed by atoms with Gasteiger partial charge in [-0.2, -0.15) is 8.78 Å². The molecule has 1 aliphatic rings. The molecule has 0 bridgehead atoms. The zero-order valence-corrected chi connectivity index (χ0v) is 10.2. The maximum Gasteiger partial charge on any atom is 0.381 e. The number of esters is 1. The predicted molar refractivity (Wildman–Crippen MR) is 56.2 cm³/mol. The van der Waals surface area contributed by atoms with E-state index in [1.54, 1.807) is 0 Å². The van der Waals surface area contributed by atoms with Crippen LogP contribution in [0.3, 0.4) is 0 Å². The topological polar surface area (TPSA) is 44.8 Å². The minimum Gasteiger partial charge on any atom is -0.464 e. The van der Waals surface area contributed by atoms with Crippen LogP contribution in [0.5, 0.6) is 11.5 Å². The number of halogens is 3. The van der Waals surface area contributed by atoms with Crippen LogP contribution in [0.25, 0.3) is 0 Å². The number of fused-ring (bicyclic) bond motifs is 1. The molecule has 0 aliphatic carbocycles. The van der Waals surface area contributed by atoms with Gasteiger partial charge in [0.25, 0.3) is 0 Å². The number of methoxy groups -OCH3 is 1. The smallest absolute Gasteiger partial charge is 0.381 e. The van der Waals surface area contributed by atoms with Gasteiger partial charge in [0, 0.05) is 4.47 Å². The second kappa shape index (κ2) is 4.14. The molecular weight excluding hydrogens is 302 g/mol. The maximum absolute atomic E-state index is 13.7. The van der Waals surface area contributed by atoms with Crippen LogP contribution in [-0.4, -0.2) is 19.9 Å². The highest BCUT2D eigenvalue weighted by Crippen LogP contribution is 2.43. The van der Waals surface area contributed by atoms with Crippen LogP contribution in [0.2, 0.25) is 0 Å². The van der Waals surface area contributed by atoms with Crippen LogP contribution >= 0.6 is 15.9 Å². The fraction of sp³-hybridized carbons (Fsp3) is 0.300. The lowest BCUT2D eigenvalue weighted by Crippen LogP contribution is -2.27. The number of carbonyl (C=O) groups is 1.